The number of hydrogen-bond donors (Lipinski definition) is 3. The average molecular weight is 407 g/mol. The number of aryl methyl sites for hydroxylation is 1. The summed E-state index contributed by atoms with van der Waals surface area (Å²) < 4.78 is 0.898. The molecular weight excluding hydrogens is 382 g/mol. The number of nitrogens with two attached hydrogens (primary N) is 1. The number of amides is 2. The Labute approximate surface area is 152 Å². The van der Waals surface area contributed by atoms with E-state index in [1.165, 1.54) is 0 Å². The molecule has 0 heterocycles. The van der Waals surface area contributed by atoms with Crippen LogP contribution in [-0.2, 0) is 9.59 Å². The Balaban J connectivity index is 0.00000484. The summed E-state index contributed by atoms with van der Waals surface area (Å²) in [4.78, 5) is 23.5. The Morgan fingerprint density at radius 1 is 1.13 bits per heavy atom. The number of anilines is 1. The molecule has 7 heteroatoms. The maximum Gasteiger partial charge on any atom is 0.243 e. The molecule has 0 aliphatic heterocycles. The van der Waals surface area contributed by atoms with Crippen molar-refractivity contribution in [3.05, 3.63) is 28.2 Å². The van der Waals surface area contributed by atoms with E-state index in [1.807, 2.05) is 25.1 Å². The van der Waals surface area contributed by atoms with E-state index in [-0.39, 0.29) is 30.8 Å². The number of nitrogens with one attached hydrogen (secondary N) is 2. The third-order valence-corrected chi connectivity index (χ3v) is 3.77. The monoisotopic (exact) mass is 405 g/mol. The van der Waals surface area contributed by atoms with E-state index in [0.29, 0.717) is 13.0 Å². The van der Waals surface area contributed by atoms with Gasteiger partial charge in [-0.2, -0.15) is 0 Å². The molecule has 0 saturated heterocycles. The van der Waals surface area contributed by atoms with Gasteiger partial charge in [0.15, 0.2) is 0 Å². The Morgan fingerprint density at radius 2 is 1.83 bits per heavy atom. The van der Waals surface area contributed by atoms with Crippen molar-refractivity contribution in [1.29, 1.82) is 0 Å². The molecule has 0 aliphatic rings. The smallest absolute Gasteiger partial charge is 0.243 e. The van der Waals surface area contributed by atoms with Gasteiger partial charge in [0.05, 0.1) is 6.54 Å². The van der Waals surface area contributed by atoms with Gasteiger partial charge in [-0.3, -0.25) is 9.59 Å². The molecule has 1 aromatic carbocycles. The van der Waals surface area contributed by atoms with Gasteiger partial charge >= 0.3 is 0 Å². The first-order valence-corrected chi connectivity index (χ1v) is 8.35. The molecule has 4 N–H and O–H groups in total. The predicted molar refractivity (Wildman–Crippen MR) is 99.9 cm³/mol. The van der Waals surface area contributed by atoms with Gasteiger partial charge in [-0.25, -0.2) is 0 Å². The fourth-order valence-electron chi connectivity index (χ4n) is 1.97. The van der Waals surface area contributed by atoms with Crippen LogP contribution in [-0.4, -0.2) is 24.9 Å². The zero-order chi connectivity index (χ0) is 16.4. The van der Waals surface area contributed by atoms with Crippen LogP contribution in [0.5, 0.6) is 0 Å². The van der Waals surface area contributed by atoms with Crippen molar-refractivity contribution in [3.63, 3.8) is 0 Å². The molecule has 0 bridgehead atoms. The van der Waals surface area contributed by atoms with E-state index in [0.717, 1.165) is 41.4 Å². The fraction of sp³-hybridized carbons (Fsp3) is 0.500. The number of carbonyl (C=O) groups is 2. The van der Waals surface area contributed by atoms with E-state index in [1.54, 1.807) is 0 Å². The molecule has 2 amide bonds. The molecule has 0 fully saturated rings. The van der Waals surface area contributed by atoms with Gasteiger partial charge in [0.2, 0.25) is 11.8 Å². The standard InChI is InChI=1S/C16H24BrN3O2.ClH/c1-12-7-8-13(17)10-14(12)20-16(22)11-19-15(21)6-4-2-3-5-9-18;/h7-8,10H,2-6,9,11,18H2,1H3,(H,19,21)(H,20,22);1H. The SMILES string of the molecule is Cc1ccc(Br)cc1NC(=O)CNC(=O)CCCCCCN.Cl. The molecular formula is C16H25BrClN3O2. The van der Waals surface area contributed by atoms with E-state index in [4.69, 9.17) is 5.73 Å². The zero-order valence-corrected chi connectivity index (χ0v) is 15.8. The van der Waals surface area contributed by atoms with E-state index in [2.05, 4.69) is 26.6 Å². The van der Waals surface area contributed by atoms with E-state index in [9.17, 15) is 9.59 Å². The molecule has 0 aromatic heterocycles. The van der Waals surface area contributed by atoms with Crippen molar-refractivity contribution < 1.29 is 9.59 Å². The number of benzene rings is 1. The molecule has 23 heavy (non-hydrogen) atoms. The van der Waals surface area contributed by atoms with Crippen molar-refractivity contribution >= 4 is 45.8 Å². The number of unbranched alkanes of at least 4 members (excludes halogenated alkanes) is 3. The lowest BCUT2D eigenvalue weighted by Gasteiger charge is -2.09. The number of halogens is 2. The van der Waals surface area contributed by atoms with Crippen LogP contribution in [0, 0.1) is 6.92 Å². The maximum atomic E-state index is 11.8. The van der Waals surface area contributed by atoms with Gasteiger partial charge in [-0.05, 0) is 44.0 Å². The average Bonchev–Trinajstić information content (AvgIpc) is 2.49. The third kappa shape index (κ3) is 9.58. The van der Waals surface area contributed by atoms with Crippen molar-refractivity contribution in [2.45, 2.75) is 39.0 Å². The van der Waals surface area contributed by atoms with Crippen LogP contribution < -0.4 is 16.4 Å². The minimum Gasteiger partial charge on any atom is -0.347 e. The van der Waals surface area contributed by atoms with Gasteiger partial charge < -0.3 is 16.4 Å². The lowest BCUT2D eigenvalue weighted by molar-refractivity contribution is -0.124. The number of rotatable bonds is 9. The number of hydrogen-bond acceptors (Lipinski definition) is 3. The third-order valence-electron chi connectivity index (χ3n) is 3.28. The van der Waals surface area contributed by atoms with Gasteiger partial charge in [0, 0.05) is 16.6 Å². The predicted octanol–water partition coefficient (Wildman–Crippen LogP) is 3.14. The lowest BCUT2D eigenvalue weighted by Crippen LogP contribution is -2.32. The topological polar surface area (TPSA) is 84.2 Å². The Kier molecular flexibility index (Phi) is 11.7. The molecule has 1 aromatic rings. The minimum absolute atomic E-state index is 0. The highest BCUT2D eigenvalue weighted by Crippen LogP contribution is 2.20. The first-order chi connectivity index (χ1) is 10.5. The van der Waals surface area contributed by atoms with E-state index >= 15 is 0 Å². The molecule has 0 radical (unpaired) electrons. The second kappa shape index (κ2) is 12.3. The van der Waals surface area contributed by atoms with E-state index < -0.39 is 0 Å². The second-order valence-electron chi connectivity index (χ2n) is 5.24. The molecule has 0 spiro atoms. The molecule has 0 saturated carbocycles. The summed E-state index contributed by atoms with van der Waals surface area (Å²) in [6, 6.07) is 5.67. The molecule has 0 aliphatic carbocycles. The van der Waals surface area contributed by atoms with Crippen LogP contribution in [0.4, 0.5) is 5.69 Å². The van der Waals surface area contributed by atoms with Gasteiger partial charge in [0.25, 0.3) is 0 Å². The molecule has 130 valence electrons. The van der Waals surface area contributed by atoms with Crippen molar-refractivity contribution in [1.82, 2.24) is 5.32 Å². The second-order valence-corrected chi connectivity index (χ2v) is 6.15. The van der Waals surface area contributed by atoms with Crippen LogP contribution in [0.3, 0.4) is 0 Å². The highest BCUT2D eigenvalue weighted by molar-refractivity contribution is 9.10. The lowest BCUT2D eigenvalue weighted by atomic mass is 10.1. The number of carbonyl (C=O) groups excluding carboxylic acids is 2. The molecule has 1 rings (SSSR count). The highest BCUT2D eigenvalue weighted by Gasteiger charge is 2.07. The normalized spacial score (nSPS) is 9.87. The van der Waals surface area contributed by atoms with Crippen LogP contribution in [0.1, 0.15) is 37.7 Å². The first kappa shape index (κ1) is 21.9. The van der Waals surface area contributed by atoms with Gasteiger partial charge in [-0.15, -0.1) is 12.4 Å². The van der Waals surface area contributed by atoms with Crippen LogP contribution in [0.25, 0.3) is 0 Å². The fourth-order valence-corrected chi connectivity index (χ4v) is 2.34. The Morgan fingerprint density at radius 3 is 2.52 bits per heavy atom. The van der Waals surface area contributed by atoms with Crippen molar-refractivity contribution in [3.8, 4) is 0 Å². The summed E-state index contributed by atoms with van der Waals surface area (Å²) in [6.45, 7) is 2.61. The zero-order valence-electron chi connectivity index (χ0n) is 13.4. The van der Waals surface area contributed by atoms with Gasteiger partial charge in [0.1, 0.15) is 0 Å². The maximum absolute atomic E-state index is 11.8. The minimum atomic E-state index is -0.224. The largest absolute Gasteiger partial charge is 0.347 e. The highest BCUT2D eigenvalue weighted by atomic mass is 79.9. The molecule has 0 unspecified atom stereocenters. The Hall–Kier alpha value is -1.11. The molecule has 5 nitrogen and oxygen atoms in total. The van der Waals surface area contributed by atoms with Crippen LogP contribution in [0.15, 0.2) is 22.7 Å². The first-order valence-electron chi connectivity index (χ1n) is 7.55. The summed E-state index contributed by atoms with van der Waals surface area (Å²) in [7, 11) is 0. The Bertz CT molecular complexity index is 512. The molecule has 0 atom stereocenters. The summed E-state index contributed by atoms with van der Waals surface area (Å²) in [6.07, 6.45) is 4.32. The van der Waals surface area contributed by atoms with Gasteiger partial charge in [-0.1, -0.05) is 34.8 Å². The summed E-state index contributed by atoms with van der Waals surface area (Å²) >= 11 is 3.37. The van der Waals surface area contributed by atoms with Crippen LogP contribution in [0.2, 0.25) is 0 Å². The summed E-state index contributed by atoms with van der Waals surface area (Å²) in [5.41, 5.74) is 7.13. The van der Waals surface area contributed by atoms with Crippen molar-refractivity contribution in [2.75, 3.05) is 18.4 Å². The summed E-state index contributed by atoms with van der Waals surface area (Å²) in [5.74, 6) is -0.313. The van der Waals surface area contributed by atoms with Crippen molar-refractivity contribution in [2.24, 2.45) is 5.73 Å². The van der Waals surface area contributed by atoms with Crippen LogP contribution >= 0.6 is 28.3 Å². The summed E-state index contributed by atoms with van der Waals surface area (Å²) in [5, 5.41) is 5.43. The quantitative estimate of drug-likeness (QED) is 0.551.